The number of fused-ring (bicyclic) bond motifs is 1. The van der Waals surface area contributed by atoms with Gasteiger partial charge in [0.1, 0.15) is 13.2 Å². The fraction of sp³-hybridized carbons (Fsp3) is 0.263. The van der Waals surface area contributed by atoms with E-state index in [1.54, 1.807) is 24.3 Å². The Bertz CT molecular complexity index is 850. The van der Waals surface area contributed by atoms with Crippen LogP contribution in [0.1, 0.15) is 10.4 Å². The van der Waals surface area contributed by atoms with E-state index >= 15 is 0 Å². The highest BCUT2D eigenvalue weighted by Crippen LogP contribution is 2.32. The number of rotatable bonds is 6. The summed E-state index contributed by atoms with van der Waals surface area (Å²) >= 11 is 0. The predicted octanol–water partition coefficient (Wildman–Crippen LogP) is 2.27. The Morgan fingerprint density at radius 3 is 2.44 bits per heavy atom. The smallest absolute Gasteiger partial charge is 0.338 e. The van der Waals surface area contributed by atoms with Gasteiger partial charge in [-0.1, -0.05) is 0 Å². The molecule has 8 nitrogen and oxygen atoms in total. The Morgan fingerprint density at radius 2 is 1.70 bits per heavy atom. The van der Waals surface area contributed by atoms with Gasteiger partial charge in [0.15, 0.2) is 29.6 Å². The molecule has 1 amide bonds. The molecule has 142 valence electrons. The second-order valence-corrected chi connectivity index (χ2v) is 5.55. The molecule has 1 heterocycles. The molecule has 8 heteroatoms. The van der Waals surface area contributed by atoms with E-state index in [4.69, 9.17) is 23.7 Å². The van der Waals surface area contributed by atoms with Crippen LogP contribution in [-0.2, 0) is 9.53 Å². The number of nitrogens with one attached hydrogen (secondary N) is 1. The van der Waals surface area contributed by atoms with Gasteiger partial charge in [0.25, 0.3) is 5.91 Å². The minimum atomic E-state index is -0.645. The summed E-state index contributed by atoms with van der Waals surface area (Å²) in [7, 11) is 2.96. The van der Waals surface area contributed by atoms with Gasteiger partial charge >= 0.3 is 5.97 Å². The Hall–Kier alpha value is -3.42. The third-order valence-corrected chi connectivity index (χ3v) is 3.78. The largest absolute Gasteiger partial charge is 0.493 e. The van der Waals surface area contributed by atoms with Crippen LogP contribution in [0.25, 0.3) is 0 Å². The lowest BCUT2D eigenvalue weighted by atomic mass is 10.2. The minimum Gasteiger partial charge on any atom is -0.493 e. The summed E-state index contributed by atoms with van der Waals surface area (Å²) < 4.78 is 26.2. The van der Waals surface area contributed by atoms with E-state index in [9.17, 15) is 9.59 Å². The highest BCUT2D eigenvalue weighted by atomic mass is 16.6. The molecule has 1 N–H and O–H groups in total. The summed E-state index contributed by atoms with van der Waals surface area (Å²) in [6, 6.07) is 9.65. The fourth-order valence-corrected chi connectivity index (χ4v) is 2.50. The zero-order valence-electron chi connectivity index (χ0n) is 14.9. The summed E-state index contributed by atoms with van der Waals surface area (Å²) in [6.45, 7) is 0.514. The maximum Gasteiger partial charge on any atom is 0.338 e. The van der Waals surface area contributed by atoms with Crippen molar-refractivity contribution < 1.29 is 33.3 Å². The number of anilines is 1. The molecule has 27 heavy (non-hydrogen) atoms. The normalized spacial score (nSPS) is 12.1. The van der Waals surface area contributed by atoms with Gasteiger partial charge in [-0.25, -0.2) is 4.79 Å². The van der Waals surface area contributed by atoms with Gasteiger partial charge < -0.3 is 29.0 Å². The highest BCUT2D eigenvalue weighted by molar-refractivity contribution is 5.96. The quantitative estimate of drug-likeness (QED) is 0.777. The summed E-state index contributed by atoms with van der Waals surface area (Å²) in [5.74, 6) is 0.951. The molecule has 0 saturated carbocycles. The zero-order chi connectivity index (χ0) is 19.2. The molecule has 0 aromatic heterocycles. The lowest BCUT2D eigenvalue weighted by molar-refractivity contribution is -0.119. The maximum atomic E-state index is 12.1. The molecule has 0 spiro atoms. The first-order valence-electron chi connectivity index (χ1n) is 8.19. The number of carbonyl (C=O) groups excluding carboxylic acids is 2. The zero-order valence-corrected chi connectivity index (χ0v) is 14.9. The van der Waals surface area contributed by atoms with Crippen molar-refractivity contribution in [2.75, 3.05) is 39.4 Å². The van der Waals surface area contributed by atoms with Gasteiger partial charge in [-0.2, -0.15) is 0 Å². The fourth-order valence-electron chi connectivity index (χ4n) is 2.50. The van der Waals surface area contributed by atoms with Crippen LogP contribution in [0.5, 0.6) is 23.0 Å². The van der Waals surface area contributed by atoms with Crippen LogP contribution in [0, 0.1) is 0 Å². The molecule has 1 aliphatic rings. The first-order valence-corrected chi connectivity index (χ1v) is 8.19. The number of hydrogen-bond donors (Lipinski definition) is 1. The van der Waals surface area contributed by atoms with Gasteiger partial charge in [0.05, 0.1) is 19.8 Å². The Kier molecular flexibility index (Phi) is 5.65. The highest BCUT2D eigenvalue weighted by Gasteiger charge is 2.15. The molecule has 0 fully saturated rings. The van der Waals surface area contributed by atoms with Gasteiger partial charge in [0, 0.05) is 11.8 Å². The van der Waals surface area contributed by atoms with E-state index in [1.165, 1.54) is 26.4 Å². The van der Waals surface area contributed by atoms with Crippen molar-refractivity contribution in [3.63, 3.8) is 0 Å². The molecule has 0 saturated heterocycles. The number of hydrogen-bond acceptors (Lipinski definition) is 7. The predicted molar refractivity (Wildman–Crippen MR) is 95.9 cm³/mol. The van der Waals surface area contributed by atoms with Crippen LogP contribution in [0.15, 0.2) is 36.4 Å². The molecule has 0 aliphatic carbocycles. The summed E-state index contributed by atoms with van der Waals surface area (Å²) in [5.41, 5.74) is 0.770. The van der Waals surface area contributed by atoms with E-state index in [0.717, 1.165) is 0 Å². The molecule has 0 atom stereocenters. The summed E-state index contributed by atoms with van der Waals surface area (Å²) in [4.78, 5) is 24.2. The van der Waals surface area contributed by atoms with Crippen molar-refractivity contribution in [1.29, 1.82) is 0 Å². The SMILES string of the molecule is COc1ccc(C(=O)OCC(=O)Nc2ccc3c(c2)OCCO3)cc1OC. The van der Waals surface area contributed by atoms with Crippen LogP contribution in [0.4, 0.5) is 5.69 Å². The standard InChI is InChI=1S/C19H19NO7/c1-23-14-5-3-12(9-16(14)24-2)19(22)27-11-18(21)20-13-4-6-15-17(10-13)26-8-7-25-15/h3-6,9-10H,7-8,11H2,1-2H3,(H,20,21). The molecule has 0 radical (unpaired) electrons. The van der Waals surface area contributed by atoms with E-state index in [-0.39, 0.29) is 5.56 Å². The molecule has 2 aromatic rings. The average molecular weight is 373 g/mol. The second kappa shape index (κ2) is 8.31. The van der Waals surface area contributed by atoms with Crippen LogP contribution in [0.2, 0.25) is 0 Å². The van der Waals surface area contributed by atoms with Crippen LogP contribution >= 0.6 is 0 Å². The van der Waals surface area contributed by atoms with E-state index in [2.05, 4.69) is 5.32 Å². The van der Waals surface area contributed by atoms with Crippen molar-refractivity contribution in [2.45, 2.75) is 0 Å². The molecule has 2 aromatic carbocycles. The first kappa shape index (κ1) is 18.4. The molecule has 0 unspecified atom stereocenters. The Morgan fingerprint density at radius 1 is 0.963 bits per heavy atom. The van der Waals surface area contributed by atoms with E-state index in [0.29, 0.717) is 41.9 Å². The van der Waals surface area contributed by atoms with Crippen molar-refractivity contribution in [2.24, 2.45) is 0 Å². The summed E-state index contributed by atoms with van der Waals surface area (Å²) in [5, 5.41) is 2.64. The number of ether oxygens (including phenoxy) is 5. The van der Waals surface area contributed by atoms with Crippen LogP contribution in [0.3, 0.4) is 0 Å². The Balaban J connectivity index is 1.56. The molecular formula is C19H19NO7. The third-order valence-electron chi connectivity index (χ3n) is 3.78. The van der Waals surface area contributed by atoms with Crippen molar-refractivity contribution >= 4 is 17.6 Å². The third kappa shape index (κ3) is 4.41. The maximum absolute atomic E-state index is 12.1. The lowest BCUT2D eigenvalue weighted by Crippen LogP contribution is -2.21. The summed E-state index contributed by atoms with van der Waals surface area (Å²) in [6.07, 6.45) is 0. The van der Waals surface area contributed by atoms with Crippen molar-refractivity contribution in [3.05, 3.63) is 42.0 Å². The number of carbonyl (C=O) groups is 2. The van der Waals surface area contributed by atoms with Crippen LogP contribution < -0.4 is 24.3 Å². The van der Waals surface area contributed by atoms with Crippen molar-refractivity contribution in [3.8, 4) is 23.0 Å². The van der Waals surface area contributed by atoms with Gasteiger partial charge in [0.2, 0.25) is 0 Å². The molecule has 0 bridgehead atoms. The molecular weight excluding hydrogens is 354 g/mol. The van der Waals surface area contributed by atoms with Gasteiger partial charge in [-0.15, -0.1) is 0 Å². The minimum absolute atomic E-state index is 0.250. The van der Waals surface area contributed by atoms with E-state index in [1.807, 2.05) is 0 Å². The monoisotopic (exact) mass is 373 g/mol. The first-order chi connectivity index (χ1) is 13.1. The number of amides is 1. The topological polar surface area (TPSA) is 92.3 Å². The lowest BCUT2D eigenvalue weighted by Gasteiger charge is -2.19. The van der Waals surface area contributed by atoms with Gasteiger partial charge in [-0.3, -0.25) is 4.79 Å². The number of esters is 1. The van der Waals surface area contributed by atoms with Gasteiger partial charge in [-0.05, 0) is 30.3 Å². The Labute approximate surface area is 155 Å². The molecule has 1 aliphatic heterocycles. The number of methoxy groups -OCH3 is 2. The molecule has 3 rings (SSSR count). The average Bonchev–Trinajstić information content (AvgIpc) is 2.71. The van der Waals surface area contributed by atoms with Crippen molar-refractivity contribution in [1.82, 2.24) is 0 Å². The van der Waals surface area contributed by atoms with E-state index < -0.39 is 18.5 Å². The van der Waals surface area contributed by atoms with Crippen LogP contribution in [-0.4, -0.2) is 45.9 Å². The second-order valence-electron chi connectivity index (χ2n) is 5.55. The number of benzene rings is 2.